The maximum absolute atomic E-state index is 11.2. The van der Waals surface area contributed by atoms with E-state index in [9.17, 15) is 4.79 Å². The van der Waals surface area contributed by atoms with Gasteiger partial charge in [-0.05, 0) is 34.4 Å². The van der Waals surface area contributed by atoms with Gasteiger partial charge in [0.05, 0.1) is 0 Å². The summed E-state index contributed by atoms with van der Waals surface area (Å²) in [5.74, 6) is 0.0519. The van der Waals surface area contributed by atoms with E-state index in [4.69, 9.17) is 4.74 Å². The third-order valence-corrected chi connectivity index (χ3v) is 3.75. The molecule has 0 radical (unpaired) electrons. The monoisotopic (exact) mass is 326 g/mol. The molecule has 3 aromatic carbocycles. The van der Waals surface area contributed by atoms with Gasteiger partial charge in [-0.1, -0.05) is 85.5 Å². The molecule has 0 aliphatic carbocycles. The summed E-state index contributed by atoms with van der Waals surface area (Å²) >= 11 is 0. The highest BCUT2D eigenvalue weighted by Crippen LogP contribution is 2.20. The van der Waals surface area contributed by atoms with Crippen molar-refractivity contribution in [3.05, 3.63) is 103 Å². The molecule has 3 aromatic rings. The summed E-state index contributed by atoms with van der Waals surface area (Å²) in [6.07, 6.45) is 5.23. The van der Waals surface area contributed by atoms with Gasteiger partial charge in [0.1, 0.15) is 5.75 Å². The molecular weight excluding hydrogens is 308 g/mol. The Morgan fingerprint density at radius 2 is 1.24 bits per heavy atom. The van der Waals surface area contributed by atoms with E-state index in [-0.39, 0.29) is 0 Å². The van der Waals surface area contributed by atoms with Crippen LogP contribution in [-0.4, -0.2) is 5.97 Å². The molecule has 122 valence electrons. The lowest BCUT2D eigenvalue weighted by atomic mass is 10.0. The number of hydrogen-bond donors (Lipinski definition) is 0. The minimum Gasteiger partial charge on any atom is -0.423 e. The number of esters is 1. The Balaban J connectivity index is 1.67. The zero-order valence-electron chi connectivity index (χ0n) is 13.8. The van der Waals surface area contributed by atoms with Gasteiger partial charge in [0.25, 0.3) is 0 Å². The van der Waals surface area contributed by atoms with Crippen molar-refractivity contribution in [1.82, 2.24) is 0 Å². The molecule has 0 N–H and O–H groups in total. The largest absolute Gasteiger partial charge is 0.423 e. The van der Waals surface area contributed by atoms with Gasteiger partial charge >= 0.3 is 5.97 Å². The van der Waals surface area contributed by atoms with Crippen molar-refractivity contribution in [2.75, 3.05) is 0 Å². The Kier molecular flexibility index (Phi) is 5.22. The second kappa shape index (κ2) is 7.93. The lowest BCUT2D eigenvalue weighted by Crippen LogP contribution is -2.02. The fourth-order valence-electron chi connectivity index (χ4n) is 2.41. The standard InChI is InChI=1S/C23H18O2/c1-2-23(24)25-22-16-12-19(13-17-22)9-8-18-10-14-21(15-11-18)20-6-4-3-5-7-20/h2-17H,1H2. The predicted molar refractivity (Wildman–Crippen MR) is 103 cm³/mol. The van der Waals surface area contributed by atoms with Crippen LogP contribution in [-0.2, 0) is 4.79 Å². The summed E-state index contributed by atoms with van der Waals surface area (Å²) in [5, 5.41) is 0. The molecule has 0 heterocycles. The second-order valence-corrected chi connectivity index (χ2v) is 5.52. The van der Waals surface area contributed by atoms with Crippen molar-refractivity contribution in [3.8, 4) is 16.9 Å². The molecule has 2 nitrogen and oxygen atoms in total. The van der Waals surface area contributed by atoms with Crippen molar-refractivity contribution >= 4 is 18.1 Å². The van der Waals surface area contributed by atoms with Crippen LogP contribution >= 0.6 is 0 Å². The van der Waals surface area contributed by atoms with E-state index in [0.717, 1.165) is 17.2 Å². The lowest BCUT2D eigenvalue weighted by Gasteiger charge is -2.02. The van der Waals surface area contributed by atoms with E-state index in [2.05, 4.69) is 49.1 Å². The van der Waals surface area contributed by atoms with E-state index in [1.807, 2.05) is 36.4 Å². The first-order chi connectivity index (χ1) is 12.2. The van der Waals surface area contributed by atoms with Crippen LogP contribution in [0.2, 0.25) is 0 Å². The predicted octanol–water partition coefficient (Wildman–Crippen LogP) is 5.62. The van der Waals surface area contributed by atoms with Crippen LogP contribution in [0.25, 0.3) is 23.3 Å². The van der Waals surface area contributed by atoms with Crippen LogP contribution in [0.1, 0.15) is 11.1 Å². The van der Waals surface area contributed by atoms with E-state index >= 15 is 0 Å². The zero-order valence-corrected chi connectivity index (χ0v) is 13.8. The van der Waals surface area contributed by atoms with Crippen molar-refractivity contribution in [3.63, 3.8) is 0 Å². The summed E-state index contributed by atoms with van der Waals surface area (Å²) in [7, 11) is 0. The van der Waals surface area contributed by atoms with Gasteiger partial charge in [-0.2, -0.15) is 0 Å². The smallest absolute Gasteiger partial charge is 0.335 e. The van der Waals surface area contributed by atoms with Crippen LogP contribution in [0.4, 0.5) is 0 Å². The first kappa shape index (κ1) is 16.5. The number of carbonyl (C=O) groups is 1. The average Bonchev–Trinajstić information content (AvgIpc) is 2.68. The summed E-state index contributed by atoms with van der Waals surface area (Å²) in [4.78, 5) is 11.2. The van der Waals surface area contributed by atoms with Gasteiger partial charge in [0, 0.05) is 6.08 Å². The second-order valence-electron chi connectivity index (χ2n) is 5.52. The normalized spacial score (nSPS) is 10.6. The Labute approximate surface area is 147 Å². The third kappa shape index (κ3) is 4.55. The van der Waals surface area contributed by atoms with Crippen LogP contribution in [0, 0.1) is 0 Å². The SMILES string of the molecule is C=CC(=O)Oc1ccc(C=Cc2ccc(-c3ccccc3)cc2)cc1. The molecule has 0 aliphatic rings. The molecule has 0 unspecified atom stereocenters. The number of rotatable bonds is 5. The van der Waals surface area contributed by atoms with E-state index < -0.39 is 5.97 Å². The highest BCUT2D eigenvalue weighted by Gasteiger charge is 1.99. The number of ether oxygens (including phenoxy) is 1. The third-order valence-electron chi connectivity index (χ3n) is 3.75. The van der Waals surface area contributed by atoms with Gasteiger partial charge in [-0.25, -0.2) is 4.79 Å². The van der Waals surface area contributed by atoms with Gasteiger partial charge < -0.3 is 4.74 Å². The van der Waals surface area contributed by atoms with E-state index in [1.54, 1.807) is 12.1 Å². The lowest BCUT2D eigenvalue weighted by molar-refractivity contribution is -0.128. The molecule has 0 saturated carbocycles. The van der Waals surface area contributed by atoms with Crippen molar-refractivity contribution in [2.45, 2.75) is 0 Å². The van der Waals surface area contributed by atoms with Crippen molar-refractivity contribution < 1.29 is 9.53 Å². The van der Waals surface area contributed by atoms with Gasteiger partial charge in [0.15, 0.2) is 0 Å². The molecule has 3 rings (SSSR count). The molecule has 0 amide bonds. The Hall–Kier alpha value is -3.39. The van der Waals surface area contributed by atoms with Crippen LogP contribution in [0.15, 0.2) is 91.5 Å². The molecule has 2 heteroatoms. The molecule has 0 aromatic heterocycles. The van der Waals surface area contributed by atoms with Crippen LogP contribution < -0.4 is 4.74 Å². The van der Waals surface area contributed by atoms with E-state index in [1.165, 1.54) is 11.1 Å². The highest BCUT2D eigenvalue weighted by molar-refractivity contribution is 5.83. The zero-order chi connectivity index (χ0) is 17.5. The highest BCUT2D eigenvalue weighted by atomic mass is 16.5. The van der Waals surface area contributed by atoms with Crippen molar-refractivity contribution in [2.24, 2.45) is 0 Å². The number of benzene rings is 3. The van der Waals surface area contributed by atoms with Crippen LogP contribution in [0.3, 0.4) is 0 Å². The van der Waals surface area contributed by atoms with Gasteiger partial charge in [-0.3, -0.25) is 0 Å². The number of carbonyl (C=O) groups excluding carboxylic acids is 1. The van der Waals surface area contributed by atoms with Gasteiger partial charge in [-0.15, -0.1) is 0 Å². The topological polar surface area (TPSA) is 26.3 Å². The summed E-state index contributed by atoms with van der Waals surface area (Å²) < 4.78 is 5.06. The molecule has 0 saturated heterocycles. The molecule has 0 spiro atoms. The fourth-order valence-corrected chi connectivity index (χ4v) is 2.41. The minimum atomic E-state index is -0.457. The quantitative estimate of drug-likeness (QED) is 0.263. The first-order valence-electron chi connectivity index (χ1n) is 8.02. The van der Waals surface area contributed by atoms with E-state index in [0.29, 0.717) is 5.75 Å². The maximum Gasteiger partial charge on any atom is 0.335 e. The summed E-state index contributed by atoms with van der Waals surface area (Å²) in [5.41, 5.74) is 4.57. The minimum absolute atomic E-state index is 0.457. The van der Waals surface area contributed by atoms with Crippen LogP contribution in [0.5, 0.6) is 5.75 Å². The Morgan fingerprint density at radius 3 is 1.80 bits per heavy atom. The number of hydrogen-bond acceptors (Lipinski definition) is 2. The molecule has 0 atom stereocenters. The molecule has 25 heavy (non-hydrogen) atoms. The summed E-state index contributed by atoms with van der Waals surface area (Å²) in [6, 6.07) is 26.1. The average molecular weight is 326 g/mol. The molecule has 0 fully saturated rings. The molecule has 0 bridgehead atoms. The van der Waals surface area contributed by atoms with Gasteiger partial charge in [0.2, 0.25) is 0 Å². The fraction of sp³-hybridized carbons (Fsp3) is 0. The maximum atomic E-state index is 11.2. The first-order valence-corrected chi connectivity index (χ1v) is 8.02. The summed E-state index contributed by atoms with van der Waals surface area (Å²) in [6.45, 7) is 3.38. The molecule has 0 aliphatic heterocycles. The Morgan fingerprint density at radius 1 is 0.720 bits per heavy atom. The van der Waals surface area contributed by atoms with Crippen molar-refractivity contribution in [1.29, 1.82) is 0 Å². The molecular formula is C23H18O2. The Bertz CT molecular complexity index is 874.